The van der Waals surface area contributed by atoms with Gasteiger partial charge in [-0.25, -0.2) is 0 Å². The molecule has 1 heterocycles. The van der Waals surface area contributed by atoms with Crippen LogP contribution in [0.4, 0.5) is 17.1 Å². The number of benzene rings is 10. The molecule has 10 aromatic carbocycles. The number of aromatic nitrogens is 1. The normalized spacial score (nSPS) is 12.7. The van der Waals surface area contributed by atoms with Gasteiger partial charge in [0, 0.05) is 38.8 Å². The number of fused-ring (bicyclic) bond motifs is 6. The molecule has 0 fully saturated rings. The second-order valence-corrected chi connectivity index (χ2v) is 17.3. The van der Waals surface area contributed by atoms with Crippen LogP contribution in [0.3, 0.4) is 0 Å². The number of hydrogen-bond acceptors (Lipinski definition) is 1. The van der Waals surface area contributed by atoms with Gasteiger partial charge >= 0.3 is 0 Å². The molecule has 0 atom stereocenters. The van der Waals surface area contributed by atoms with Gasteiger partial charge in [-0.3, -0.25) is 0 Å². The average Bonchev–Trinajstić information content (AvgIpc) is 3.79. The summed E-state index contributed by atoms with van der Waals surface area (Å²) in [5.74, 6) is 0. The van der Waals surface area contributed by atoms with Crippen LogP contribution >= 0.6 is 0 Å². The predicted octanol–water partition coefficient (Wildman–Crippen LogP) is 16.7. The van der Waals surface area contributed by atoms with Crippen LogP contribution in [0.15, 0.2) is 231 Å². The molecule has 1 aliphatic rings. The molecule has 298 valence electrons. The molecule has 1 aliphatic carbocycles. The lowest BCUT2D eigenvalue weighted by molar-refractivity contribution is 0.661. The topological polar surface area (TPSA) is 8.17 Å². The molecule has 11 aromatic rings. The minimum absolute atomic E-state index is 0.231. The Labute approximate surface area is 368 Å². The average molecular weight is 805 g/mol. The smallest absolute Gasteiger partial charge is 0.0619 e. The summed E-state index contributed by atoms with van der Waals surface area (Å²) in [6, 6.07) is 84.5. The molecule has 2 nitrogen and oxygen atoms in total. The van der Waals surface area contributed by atoms with Gasteiger partial charge in [0.15, 0.2) is 0 Å². The highest BCUT2D eigenvalue weighted by Gasteiger charge is 2.37. The standard InChI is InChI=1S/C61H44N2/c1-61(2)55-38-47(42-29-33-49(34-30-42)62(48-25-10-5-11-26-48)57-28-16-24-43-18-14-15-27-51(43)57)32-36-52(55)53-39-54-58(40-56(53)61)63(50-35-31-41-17-12-13-23-46(41)37-50)60(45-21-8-4-9-22-45)59(54)44-19-6-3-7-20-44/h3-40H,1-2H3. The third kappa shape index (κ3) is 6.02. The first kappa shape index (κ1) is 36.9. The third-order valence-electron chi connectivity index (χ3n) is 13.3. The van der Waals surface area contributed by atoms with E-state index in [2.05, 4.69) is 254 Å². The fourth-order valence-electron chi connectivity index (χ4n) is 10.3. The Morgan fingerprint density at radius 2 is 0.984 bits per heavy atom. The summed E-state index contributed by atoms with van der Waals surface area (Å²) < 4.78 is 2.52. The highest BCUT2D eigenvalue weighted by molar-refractivity contribution is 6.09. The Balaban J connectivity index is 1.01. The molecule has 2 heteroatoms. The molecule has 0 bridgehead atoms. The first-order valence-electron chi connectivity index (χ1n) is 21.9. The summed E-state index contributed by atoms with van der Waals surface area (Å²) in [5.41, 5.74) is 18.2. The van der Waals surface area contributed by atoms with E-state index < -0.39 is 0 Å². The molecule has 12 rings (SSSR count). The molecule has 0 aliphatic heterocycles. The van der Waals surface area contributed by atoms with Gasteiger partial charge in [-0.1, -0.05) is 184 Å². The van der Waals surface area contributed by atoms with Crippen molar-refractivity contribution < 1.29 is 0 Å². The number of hydrogen-bond donors (Lipinski definition) is 0. The van der Waals surface area contributed by atoms with Crippen LogP contribution < -0.4 is 4.90 Å². The zero-order valence-electron chi connectivity index (χ0n) is 35.3. The molecule has 0 N–H and O–H groups in total. The first-order valence-corrected chi connectivity index (χ1v) is 21.9. The van der Waals surface area contributed by atoms with Crippen LogP contribution in [0.25, 0.3) is 82.8 Å². The van der Waals surface area contributed by atoms with Gasteiger partial charge in [0.25, 0.3) is 0 Å². The van der Waals surface area contributed by atoms with E-state index in [1.165, 1.54) is 88.2 Å². The van der Waals surface area contributed by atoms with Gasteiger partial charge in [-0.15, -0.1) is 0 Å². The van der Waals surface area contributed by atoms with E-state index >= 15 is 0 Å². The van der Waals surface area contributed by atoms with Crippen molar-refractivity contribution in [3.8, 4) is 50.3 Å². The highest BCUT2D eigenvalue weighted by Crippen LogP contribution is 2.54. The van der Waals surface area contributed by atoms with E-state index in [0.29, 0.717) is 0 Å². The van der Waals surface area contributed by atoms with Gasteiger partial charge in [0.2, 0.25) is 0 Å². The van der Waals surface area contributed by atoms with Crippen LogP contribution in [-0.4, -0.2) is 4.57 Å². The third-order valence-corrected chi connectivity index (χ3v) is 13.3. The molecule has 0 unspecified atom stereocenters. The van der Waals surface area contributed by atoms with Gasteiger partial charge < -0.3 is 9.47 Å². The van der Waals surface area contributed by atoms with Crippen molar-refractivity contribution in [3.63, 3.8) is 0 Å². The maximum absolute atomic E-state index is 2.52. The van der Waals surface area contributed by atoms with E-state index in [0.717, 1.165) is 22.7 Å². The van der Waals surface area contributed by atoms with Crippen LogP contribution in [-0.2, 0) is 5.41 Å². The van der Waals surface area contributed by atoms with Gasteiger partial charge in [0.05, 0.1) is 16.9 Å². The Morgan fingerprint density at radius 3 is 1.75 bits per heavy atom. The lowest BCUT2D eigenvalue weighted by atomic mass is 9.81. The van der Waals surface area contributed by atoms with Crippen molar-refractivity contribution in [3.05, 3.63) is 242 Å². The number of anilines is 3. The number of para-hydroxylation sites is 1. The Kier molecular flexibility index (Phi) is 8.55. The SMILES string of the molecule is CC1(C)c2cc(-c3ccc(N(c4ccccc4)c4cccc5ccccc45)cc3)ccc2-c2cc3c(-c4ccccc4)c(-c4ccccc4)n(-c4ccc5ccccc5c4)c3cc21. The zero-order valence-corrected chi connectivity index (χ0v) is 35.3. The first-order chi connectivity index (χ1) is 31.0. The number of rotatable bonds is 7. The van der Waals surface area contributed by atoms with Crippen LogP contribution in [0.2, 0.25) is 0 Å². The molecule has 63 heavy (non-hydrogen) atoms. The fraction of sp³-hybridized carbons (Fsp3) is 0.0492. The maximum Gasteiger partial charge on any atom is 0.0619 e. The van der Waals surface area contributed by atoms with E-state index in [1.807, 2.05) is 0 Å². The fourth-order valence-corrected chi connectivity index (χ4v) is 10.3. The summed E-state index contributed by atoms with van der Waals surface area (Å²) in [6.45, 7) is 4.80. The quantitative estimate of drug-likeness (QED) is 0.156. The van der Waals surface area contributed by atoms with Gasteiger partial charge in [0.1, 0.15) is 0 Å². The highest BCUT2D eigenvalue weighted by atomic mass is 15.1. The number of nitrogens with zero attached hydrogens (tertiary/aromatic N) is 2. The van der Waals surface area contributed by atoms with Crippen LogP contribution in [0.5, 0.6) is 0 Å². The van der Waals surface area contributed by atoms with E-state index in [4.69, 9.17) is 0 Å². The van der Waals surface area contributed by atoms with Crippen molar-refractivity contribution in [2.45, 2.75) is 19.3 Å². The van der Waals surface area contributed by atoms with Crippen molar-refractivity contribution in [1.82, 2.24) is 4.57 Å². The Bertz CT molecular complexity index is 3500. The molecule has 0 saturated carbocycles. The monoisotopic (exact) mass is 804 g/mol. The molecule has 0 amide bonds. The second kappa shape index (κ2) is 14.6. The molecular formula is C61H44N2. The molecule has 0 radical (unpaired) electrons. The van der Waals surface area contributed by atoms with Crippen LogP contribution in [0.1, 0.15) is 25.0 Å². The van der Waals surface area contributed by atoms with Crippen molar-refractivity contribution >= 4 is 49.5 Å². The summed E-state index contributed by atoms with van der Waals surface area (Å²) in [6.07, 6.45) is 0. The van der Waals surface area contributed by atoms with E-state index in [-0.39, 0.29) is 5.41 Å². The lowest BCUT2D eigenvalue weighted by Crippen LogP contribution is -2.15. The van der Waals surface area contributed by atoms with Crippen LogP contribution in [0, 0.1) is 0 Å². The Hall–Kier alpha value is -7.94. The molecule has 1 aromatic heterocycles. The van der Waals surface area contributed by atoms with E-state index in [9.17, 15) is 0 Å². The summed E-state index contributed by atoms with van der Waals surface area (Å²) in [7, 11) is 0. The molecular weight excluding hydrogens is 761 g/mol. The van der Waals surface area contributed by atoms with Crippen molar-refractivity contribution in [2.75, 3.05) is 4.90 Å². The molecule has 0 saturated heterocycles. The van der Waals surface area contributed by atoms with Gasteiger partial charge in [-0.05, 0) is 121 Å². The summed E-state index contributed by atoms with van der Waals surface area (Å²) in [5, 5.41) is 6.17. The molecule has 0 spiro atoms. The minimum Gasteiger partial charge on any atom is -0.310 e. The maximum atomic E-state index is 2.52. The Morgan fingerprint density at radius 1 is 0.381 bits per heavy atom. The summed E-state index contributed by atoms with van der Waals surface area (Å²) in [4.78, 5) is 2.37. The largest absolute Gasteiger partial charge is 0.310 e. The minimum atomic E-state index is -0.231. The van der Waals surface area contributed by atoms with Gasteiger partial charge in [-0.2, -0.15) is 0 Å². The van der Waals surface area contributed by atoms with E-state index in [1.54, 1.807) is 0 Å². The van der Waals surface area contributed by atoms with Crippen molar-refractivity contribution in [1.29, 1.82) is 0 Å². The zero-order chi connectivity index (χ0) is 42.1. The second-order valence-electron chi connectivity index (χ2n) is 17.3. The predicted molar refractivity (Wildman–Crippen MR) is 267 cm³/mol. The van der Waals surface area contributed by atoms with Crippen molar-refractivity contribution in [2.24, 2.45) is 0 Å². The lowest BCUT2D eigenvalue weighted by Gasteiger charge is -2.27. The summed E-state index contributed by atoms with van der Waals surface area (Å²) >= 11 is 0.